The minimum Gasteiger partial charge on any atom is -1.00 e. The molecule has 1 atom stereocenters. The summed E-state index contributed by atoms with van der Waals surface area (Å²) in [5, 5.41) is 11.1. The Morgan fingerprint density at radius 1 is 1.29 bits per heavy atom. The van der Waals surface area contributed by atoms with Gasteiger partial charge in [-0.2, -0.15) is 0 Å². The van der Waals surface area contributed by atoms with Gasteiger partial charge < -0.3 is 22.3 Å². The molecule has 0 saturated carbocycles. The van der Waals surface area contributed by atoms with Gasteiger partial charge in [-0.15, -0.1) is 0 Å². The van der Waals surface area contributed by atoms with E-state index in [-0.39, 0.29) is 50.4 Å². The van der Waals surface area contributed by atoms with Gasteiger partial charge >= 0.3 is 41.6 Å². The minimum absolute atomic E-state index is 0. The van der Waals surface area contributed by atoms with Crippen LogP contribution >= 0.6 is 0 Å². The van der Waals surface area contributed by atoms with Gasteiger partial charge in [0.2, 0.25) is 5.91 Å². The Bertz CT molecular complexity index is 487. The fraction of sp³-hybridized carbons (Fsp3) is 0.308. The molecule has 1 rings (SSSR count). The van der Waals surface area contributed by atoms with E-state index in [0.717, 1.165) is 5.56 Å². The molecule has 1 aromatic rings. The van der Waals surface area contributed by atoms with Crippen LogP contribution in [0, 0.1) is 0 Å². The van der Waals surface area contributed by atoms with Crippen LogP contribution in [-0.2, 0) is 20.9 Å². The summed E-state index contributed by atoms with van der Waals surface area (Å²) in [6, 6.07) is 7.76. The molecule has 1 aromatic carbocycles. The van der Waals surface area contributed by atoms with Crippen molar-refractivity contribution in [1.29, 1.82) is 0 Å². The minimum atomic E-state index is -1.25. The maximum Gasteiger partial charge on any atom is 1.00 e. The summed E-state index contributed by atoms with van der Waals surface area (Å²) in [5.74, 6) is -1.88. The summed E-state index contributed by atoms with van der Waals surface area (Å²) >= 11 is 0. The number of aliphatic carboxylic acids is 1. The number of carbonyl (C=O) groups is 3. The molecule has 21 heavy (non-hydrogen) atoms. The zero-order valence-corrected chi connectivity index (χ0v) is 13.7. The first-order valence-electron chi connectivity index (χ1n) is 5.97. The number of primary amides is 1. The van der Waals surface area contributed by atoms with E-state index in [1.54, 1.807) is 24.3 Å². The van der Waals surface area contributed by atoms with E-state index in [1.165, 1.54) is 0 Å². The van der Waals surface area contributed by atoms with Crippen molar-refractivity contribution in [3.63, 3.8) is 0 Å². The van der Waals surface area contributed by atoms with Crippen LogP contribution in [0.4, 0.5) is 4.79 Å². The molecule has 110 valence electrons. The second-order valence-electron chi connectivity index (χ2n) is 4.10. The van der Waals surface area contributed by atoms with Gasteiger partial charge in [-0.25, -0.2) is 9.59 Å². The Balaban J connectivity index is 0. The molecule has 0 spiro atoms. The topological polar surface area (TPSA) is 119 Å². The van der Waals surface area contributed by atoms with E-state index in [4.69, 9.17) is 15.6 Å². The summed E-state index contributed by atoms with van der Waals surface area (Å²) in [5.41, 5.74) is 5.71. The molecule has 0 fully saturated rings. The van der Waals surface area contributed by atoms with Gasteiger partial charge in [-0.1, -0.05) is 30.3 Å². The largest absolute Gasteiger partial charge is 1.00 e. The fourth-order valence-electron chi connectivity index (χ4n) is 1.45. The van der Waals surface area contributed by atoms with Crippen molar-refractivity contribution >= 4 is 18.0 Å². The first-order chi connectivity index (χ1) is 9.49. The van der Waals surface area contributed by atoms with E-state index < -0.39 is 24.0 Å². The van der Waals surface area contributed by atoms with Gasteiger partial charge in [-0.3, -0.25) is 4.79 Å². The summed E-state index contributed by atoms with van der Waals surface area (Å²) in [6.07, 6.45) is -1.06. The summed E-state index contributed by atoms with van der Waals surface area (Å²) in [4.78, 5) is 33.0. The van der Waals surface area contributed by atoms with Crippen molar-refractivity contribution in [2.75, 3.05) is 0 Å². The number of hydrogen-bond donors (Lipinski definition) is 3. The number of nitrogens with two attached hydrogens (primary N) is 1. The molecule has 0 aliphatic heterocycles. The first-order valence-corrected chi connectivity index (χ1v) is 5.97. The number of carboxylic acid groups (broad SMARTS) is 1. The number of carbonyl (C=O) groups excluding carboxylic acids is 2. The maximum absolute atomic E-state index is 11.5. The van der Waals surface area contributed by atoms with E-state index in [2.05, 4.69) is 5.32 Å². The van der Waals surface area contributed by atoms with Gasteiger partial charge in [0.1, 0.15) is 12.6 Å². The Morgan fingerprint density at radius 3 is 2.43 bits per heavy atom. The second kappa shape index (κ2) is 10.2. The number of benzene rings is 1. The van der Waals surface area contributed by atoms with E-state index in [0.29, 0.717) is 0 Å². The molecule has 0 radical (unpaired) electrons. The van der Waals surface area contributed by atoms with Crippen molar-refractivity contribution in [2.45, 2.75) is 25.5 Å². The zero-order valence-electron chi connectivity index (χ0n) is 12.7. The van der Waals surface area contributed by atoms with Gasteiger partial charge in [0.05, 0.1) is 0 Å². The van der Waals surface area contributed by atoms with Crippen molar-refractivity contribution in [3.05, 3.63) is 35.9 Å². The normalized spacial score (nSPS) is 10.9. The van der Waals surface area contributed by atoms with Gasteiger partial charge in [0.15, 0.2) is 0 Å². The molecule has 0 saturated heterocycles. The molecule has 2 amide bonds. The molecule has 0 aromatic heterocycles. The summed E-state index contributed by atoms with van der Waals surface area (Å²) in [7, 11) is 0. The number of nitrogens with one attached hydrogen (secondary N) is 1. The van der Waals surface area contributed by atoms with Crippen LogP contribution in [0.25, 0.3) is 0 Å². The SMILES string of the molecule is NC(=O)CC[C@H](NC(=O)OCc1ccccc1)C(=O)O.[H-].[Na+]. The standard InChI is InChI=1S/C13H16N2O5.Na.H/c14-11(16)7-6-10(12(17)18)15-13(19)20-8-9-4-2-1-3-5-9;;/h1-5,10H,6-8H2,(H2,14,16)(H,15,19)(H,17,18);;/q;+1;-1/t10-;;/m0../s1. The quantitative estimate of drug-likeness (QED) is 0.492. The average molecular weight is 304 g/mol. The molecular weight excluding hydrogens is 287 g/mol. The van der Waals surface area contributed by atoms with Crippen LogP contribution in [0.5, 0.6) is 0 Å². The van der Waals surface area contributed by atoms with Crippen LogP contribution in [0.15, 0.2) is 30.3 Å². The molecule has 7 nitrogen and oxygen atoms in total. The molecule has 0 aliphatic carbocycles. The van der Waals surface area contributed by atoms with Gasteiger partial charge in [0.25, 0.3) is 0 Å². The van der Waals surface area contributed by atoms with Crippen LogP contribution < -0.4 is 40.6 Å². The smallest absolute Gasteiger partial charge is 1.00 e. The van der Waals surface area contributed by atoms with Crippen LogP contribution in [-0.4, -0.2) is 29.1 Å². The van der Waals surface area contributed by atoms with Crippen molar-refractivity contribution in [1.82, 2.24) is 5.32 Å². The average Bonchev–Trinajstić information content (AvgIpc) is 2.41. The number of ether oxygens (including phenoxy) is 1. The number of hydrogen-bond acceptors (Lipinski definition) is 4. The van der Waals surface area contributed by atoms with Crippen molar-refractivity contribution in [3.8, 4) is 0 Å². The van der Waals surface area contributed by atoms with Crippen LogP contribution in [0.1, 0.15) is 19.8 Å². The molecule has 0 unspecified atom stereocenters. The van der Waals surface area contributed by atoms with Crippen molar-refractivity contribution < 1.29 is 55.2 Å². The predicted octanol–water partition coefficient (Wildman–Crippen LogP) is -2.25. The van der Waals surface area contributed by atoms with E-state index in [9.17, 15) is 14.4 Å². The zero-order chi connectivity index (χ0) is 15.0. The summed E-state index contributed by atoms with van der Waals surface area (Å²) < 4.78 is 4.89. The van der Waals surface area contributed by atoms with Crippen LogP contribution in [0.2, 0.25) is 0 Å². The molecule has 4 N–H and O–H groups in total. The predicted molar refractivity (Wildman–Crippen MR) is 70.7 cm³/mol. The molecule has 0 bridgehead atoms. The number of rotatable bonds is 7. The van der Waals surface area contributed by atoms with Crippen molar-refractivity contribution in [2.24, 2.45) is 5.73 Å². The third-order valence-corrected chi connectivity index (χ3v) is 2.48. The Hall–Kier alpha value is -1.57. The first kappa shape index (κ1) is 19.4. The molecular formula is C13H17N2NaO5. The monoisotopic (exact) mass is 304 g/mol. The number of alkyl carbamates (subject to hydrolysis) is 1. The Labute approximate surface area is 145 Å². The van der Waals surface area contributed by atoms with Gasteiger partial charge in [-0.05, 0) is 12.0 Å². The van der Waals surface area contributed by atoms with Gasteiger partial charge in [0, 0.05) is 6.42 Å². The van der Waals surface area contributed by atoms with E-state index in [1.807, 2.05) is 6.07 Å². The molecule has 0 aliphatic rings. The maximum atomic E-state index is 11.5. The third kappa shape index (κ3) is 8.34. The third-order valence-electron chi connectivity index (χ3n) is 2.48. The Morgan fingerprint density at radius 2 is 1.90 bits per heavy atom. The fourth-order valence-corrected chi connectivity index (χ4v) is 1.45. The molecule has 8 heteroatoms. The molecule has 0 heterocycles. The second-order valence-corrected chi connectivity index (χ2v) is 4.10. The Kier molecular flexibility index (Phi) is 9.44. The van der Waals surface area contributed by atoms with Crippen LogP contribution in [0.3, 0.4) is 0 Å². The van der Waals surface area contributed by atoms with E-state index >= 15 is 0 Å². The number of amides is 2. The number of carboxylic acids is 1. The summed E-state index contributed by atoms with van der Waals surface area (Å²) in [6.45, 7) is 0.0365.